The summed E-state index contributed by atoms with van der Waals surface area (Å²) in [4.78, 5) is 16.9. The van der Waals surface area contributed by atoms with Gasteiger partial charge >= 0.3 is 0 Å². The normalized spacial score (nSPS) is 12.1. The minimum Gasteiger partial charge on any atom is -0.394 e. The Morgan fingerprint density at radius 2 is 1.92 bits per heavy atom. The van der Waals surface area contributed by atoms with Crippen molar-refractivity contribution in [2.75, 3.05) is 6.61 Å². The Labute approximate surface area is 141 Å². The quantitative estimate of drug-likeness (QED) is 0.758. The molecule has 24 heavy (non-hydrogen) atoms. The van der Waals surface area contributed by atoms with Gasteiger partial charge in [-0.2, -0.15) is 0 Å². The summed E-state index contributed by atoms with van der Waals surface area (Å²) in [6.45, 7) is 1.94. The molecule has 0 aliphatic heterocycles. The number of nitrogens with one attached hydrogen (secondary N) is 1. The molecule has 0 bridgehead atoms. The molecular weight excluding hydrogens is 300 g/mol. The molecule has 1 aromatic heterocycles. The third kappa shape index (κ3) is 3.29. The minimum atomic E-state index is -0.435. The Balaban J connectivity index is 1.85. The summed E-state index contributed by atoms with van der Waals surface area (Å²) in [5, 5.41) is 13.4. The maximum Gasteiger partial charge on any atom is 0.252 e. The van der Waals surface area contributed by atoms with E-state index in [1.54, 1.807) is 12.3 Å². The molecule has 1 atom stereocenters. The Kier molecular flexibility index (Phi) is 4.87. The van der Waals surface area contributed by atoms with Crippen molar-refractivity contribution in [3.8, 4) is 0 Å². The number of fused-ring (bicyclic) bond motifs is 1. The van der Waals surface area contributed by atoms with Gasteiger partial charge in [0.2, 0.25) is 0 Å². The fourth-order valence-corrected chi connectivity index (χ4v) is 2.76. The van der Waals surface area contributed by atoms with E-state index in [0.717, 1.165) is 22.9 Å². The van der Waals surface area contributed by atoms with E-state index < -0.39 is 6.04 Å². The van der Waals surface area contributed by atoms with E-state index in [-0.39, 0.29) is 12.5 Å². The average molecular weight is 320 g/mol. The van der Waals surface area contributed by atoms with Crippen LogP contribution in [0.2, 0.25) is 0 Å². The summed E-state index contributed by atoms with van der Waals surface area (Å²) in [7, 11) is 0. The molecule has 1 heterocycles. The van der Waals surface area contributed by atoms with Crippen LogP contribution in [0.25, 0.3) is 10.9 Å². The second-order valence-electron chi connectivity index (χ2n) is 5.68. The first-order chi connectivity index (χ1) is 11.7. The monoisotopic (exact) mass is 320 g/mol. The SMILES string of the molecule is CCc1ccc(C(CO)NC(=O)c2cccc3ncccc23)cc1. The van der Waals surface area contributed by atoms with E-state index in [9.17, 15) is 9.90 Å². The molecule has 2 aromatic carbocycles. The van der Waals surface area contributed by atoms with E-state index in [2.05, 4.69) is 17.2 Å². The van der Waals surface area contributed by atoms with Crippen LogP contribution >= 0.6 is 0 Å². The highest BCUT2D eigenvalue weighted by Gasteiger charge is 2.16. The Bertz CT molecular complexity index is 838. The number of aliphatic hydroxyl groups is 1. The van der Waals surface area contributed by atoms with Gasteiger partial charge in [0.15, 0.2) is 0 Å². The van der Waals surface area contributed by atoms with Gasteiger partial charge in [-0.1, -0.05) is 43.3 Å². The van der Waals surface area contributed by atoms with E-state index in [4.69, 9.17) is 0 Å². The molecule has 4 heteroatoms. The van der Waals surface area contributed by atoms with Crippen LogP contribution in [0.1, 0.15) is 34.5 Å². The van der Waals surface area contributed by atoms with Crippen molar-refractivity contribution in [3.05, 3.63) is 77.5 Å². The first-order valence-electron chi connectivity index (χ1n) is 8.07. The summed E-state index contributed by atoms with van der Waals surface area (Å²) in [6.07, 6.45) is 2.66. The molecule has 0 aliphatic rings. The molecule has 0 spiro atoms. The first-order valence-corrected chi connectivity index (χ1v) is 8.07. The first kappa shape index (κ1) is 16.1. The molecule has 4 nitrogen and oxygen atoms in total. The number of amides is 1. The van der Waals surface area contributed by atoms with Crippen LogP contribution in [0.3, 0.4) is 0 Å². The minimum absolute atomic E-state index is 0.153. The van der Waals surface area contributed by atoms with Gasteiger partial charge in [0.05, 0.1) is 18.2 Å². The Hall–Kier alpha value is -2.72. The molecule has 1 amide bonds. The van der Waals surface area contributed by atoms with Crippen LogP contribution in [0.15, 0.2) is 60.8 Å². The number of pyridine rings is 1. The summed E-state index contributed by atoms with van der Waals surface area (Å²) >= 11 is 0. The third-order valence-corrected chi connectivity index (χ3v) is 4.17. The fourth-order valence-electron chi connectivity index (χ4n) is 2.76. The summed E-state index contributed by atoms with van der Waals surface area (Å²) in [6, 6.07) is 16.7. The molecule has 0 saturated heterocycles. The second kappa shape index (κ2) is 7.23. The lowest BCUT2D eigenvalue weighted by atomic mass is 10.0. The molecule has 0 saturated carbocycles. The van der Waals surface area contributed by atoms with Crippen molar-refractivity contribution in [1.82, 2.24) is 10.3 Å². The van der Waals surface area contributed by atoms with Crippen LogP contribution in [-0.4, -0.2) is 22.6 Å². The Morgan fingerprint density at radius 3 is 2.62 bits per heavy atom. The molecule has 1 unspecified atom stereocenters. The van der Waals surface area contributed by atoms with E-state index >= 15 is 0 Å². The number of aryl methyl sites for hydroxylation is 1. The molecule has 0 radical (unpaired) electrons. The van der Waals surface area contributed by atoms with Gasteiger partial charge in [-0.3, -0.25) is 9.78 Å². The predicted octanol–water partition coefficient (Wildman–Crippen LogP) is 3.26. The van der Waals surface area contributed by atoms with Crippen molar-refractivity contribution >= 4 is 16.8 Å². The van der Waals surface area contributed by atoms with E-state index in [1.807, 2.05) is 48.5 Å². The zero-order chi connectivity index (χ0) is 16.9. The lowest BCUT2D eigenvalue weighted by Crippen LogP contribution is -2.31. The van der Waals surface area contributed by atoms with E-state index in [1.165, 1.54) is 5.56 Å². The average Bonchev–Trinajstić information content (AvgIpc) is 2.65. The van der Waals surface area contributed by atoms with Gasteiger partial charge < -0.3 is 10.4 Å². The van der Waals surface area contributed by atoms with Crippen molar-refractivity contribution in [1.29, 1.82) is 0 Å². The van der Waals surface area contributed by atoms with Crippen molar-refractivity contribution in [2.24, 2.45) is 0 Å². The molecule has 0 fully saturated rings. The largest absolute Gasteiger partial charge is 0.394 e. The molecule has 3 aromatic rings. The van der Waals surface area contributed by atoms with Crippen LogP contribution < -0.4 is 5.32 Å². The van der Waals surface area contributed by atoms with Crippen molar-refractivity contribution in [2.45, 2.75) is 19.4 Å². The van der Waals surface area contributed by atoms with Gasteiger partial charge in [-0.05, 0) is 35.7 Å². The van der Waals surface area contributed by atoms with Gasteiger partial charge in [-0.25, -0.2) is 0 Å². The number of aliphatic hydroxyl groups excluding tert-OH is 1. The van der Waals surface area contributed by atoms with E-state index in [0.29, 0.717) is 5.56 Å². The maximum atomic E-state index is 12.7. The number of aromatic nitrogens is 1. The number of benzene rings is 2. The van der Waals surface area contributed by atoms with Crippen molar-refractivity contribution in [3.63, 3.8) is 0 Å². The smallest absolute Gasteiger partial charge is 0.252 e. The molecule has 0 aliphatic carbocycles. The highest BCUT2D eigenvalue weighted by Crippen LogP contribution is 2.19. The van der Waals surface area contributed by atoms with Gasteiger partial charge in [-0.15, -0.1) is 0 Å². The van der Waals surface area contributed by atoms with Gasteiger partial charge in [0.1, 0.15) is 0 Å². The molecular formula is C20H20N2O2. The standard InChI is InChI=1S/C20H20N2O2/c1-2-14-8-10-15(11-9-14)19(13-23)22-20(24)17-5-3-7-18-16(17)6-4-12-21-18/h3-12,19,23H,2,13H2,1H3,(H,22,24). The number of hydrogen-bond acceptors (Lipinski definition) is 3. The van der Waals surface area contributed by atoms with Crippen LogP contribution in [0.4, 0.5) is 0 Å². The zero-order valence-corrected chi connectivity index (χ0v) is 13.6. The number of rotatable bonds is 5. The fraction of sp³-hybridized carbons (Fsp3) is 0.200. The molecule has 2 N–H and O–H groups in total. The summed E-state index contributed by atoms with van der Waals surface area (Å²) in [5.41, 5.74) is 3.45. The highest BCUT2D eigenvalue weighted by atomic mass is 16.3. The van der Waals surface area contributed by atoms with Gasteiger partial charge in [0, 0.05) is 17.1 Å². The summed E-state index contributed by atoms with van der Waals surface area (Å²) < 4.78 is 0. The number of nitrogens with zero attached hydrogens (tertiary/aromatic N) is 1. The van der Waals surface area contributed by atoms with Gasteiger partial charge in [0.25, 0.3) is 5.91 Å². The van der Waals surface area contributed by atoms with Crippen LogP contribution in [0.5, 0.6) is 0 Å². The number of carbonyl (C=O) groups excluding carboxylic acids is 1. The van der Waals surface area contributed by atoms with Crippen LogP contribution in [-0.2, 0) is 6.42 Å². The lowest BCUT2D eigenvalue weighted by Gasteiger charge is -2.18. The van der Waals surface area contributed by atoms with Crippen LogP contribution in [0, 0.1) is 0 Å². The zero-order valence-electron chi connectivity index (χ0n) is 13.6. The van der Waals surface area contributed by atoms with Crippen molar-refractivity contribution < 1.29 is 9.90 Å². The maximum absolute atomic E-state index is 12.7. The highest BCUT2D eigenvalue weighted by molar-refractivity contribution is 6.06. The molecule has 122 valence electrons. The lowest BCUT2D eigenvalue weighted by molar-refractivity contribution is 0.0918. The molecule has 3 rings (SSSR count). The second-order valence-corrected chi connectivity index (χ2v) is 5.68. The predicted molar refractivity (Wildman–Crippen MR) is 94.9 cm³/mol. The Morgan fingerprint density at radius 1 is 1.12 bits per heavy atom. The topological polar surface area (TPSA) is 62.2 Å². The third-order valence-electron chi connectivity index (χ3n) is 4.17. The number of carbonyl (C=O) groups is 1. The number of hydrogen-bond donors (Lipinski definition) is 2. The summed E-state index contributed by atoms with van der Waals surface area (Å²) in [5.74, 6) is -0.216.